The third-order valence-corrected chi connectivity index (χ3v) is 3.98. The van der Waals surface area contributed by atoms with Crippen LogP contribution in [0, 0.1) is 0 Å². The maximum atomic E-state index is 11.0. The SMILES string of the molecule is CC(=O)C1CNCCO1.NS(=O)(=O)c1cccc2c1OCO2. The summed E-state index contributed by atoms with van der Waals surface area (Å²) in [5.74, 6) is 0.721. The second-order valence-electron chi connectivity index (χ2n) is 4.71. The molecule has 9 heteroatoms. The third-order valence-electron chi connectivity index (χ3n) is 3.05. The highest BCUT2D eigenvalue weighted by Crippen LogP contribution is 2.37. The molecule has 2 aliphatic heterocycles. The second kappa shape index (κ2) is 7.05. The molecule has 0 spiro atoms. The van der Waals surface area contributed by atoms with Gasteiger partial charge in [0.1, 0.15) is 11.0 Å². The Morgan fingerprint density at radius 3 is 2.68 bits per heavy atom. The minimum absolute atomic E-state index is 0.0296. The molecule has 1 unspecified atom stereocenters. The Balaban J connectivity index is 0.000000172. The molecule has 8 nitrogen and oxygen atoms in total. The van der Waals surface area contributed by atoms with E-state index in [0.717, 1.165) is 6.54 Å². The van der Waals surface area contributed by atoms with Gasteiger partial charge in [0.2, 0.25) is 16.8 Å². The molecule has 3 rings (SSSR count). The highest BCUT2D eigenvalue weighted by Gasteiger charge is 2.23. The lowest BCUT2D eigenvalue weighted by Gasteiger charge is -2.20. The third kappa shape index (κ3) is 4.17. The van der Waals surface area contributed by atoms with E-state index in [-0.39, 0.29) is 29.3 Å². The molecule has 1 fully saturated rings. The number of hydrogen-bond acceptors (Lipinski definition) is 7. The Hall–Kier alpha value is -1.68. The van der Waals surface area contributed by atoms with Gasteiger partial charge in [0.15, 0.2) is 17.3 Å². The summed E-state index contributed by atoms with van der Waals surface area (Å²) in [5, 5.41) is 8.04. The lowest BCUT2D eigenvalue weighted by atomic mass is 10.2. The van der Waals surface area contributed by atoms with Crippen molar-refractivity contribution in [2.45, 2.75) is 17.9 Å². The van der Waals surface area contributed by atoms with Crippen LogP contribution in [0.3, 0.4) is 0 Å². The van der Waals surface area contributed by atoms with E-state index in [1.54, 1.807) is 19.1 Å². The number of carbonyl (C=O) groups excluding carboxylic acids is 1. The highest BCUT2D eigenvalue weighted by atomic mass is 32.2. The number of benzene rings is 1. The van der Waals surface area contributed by atoms with Crippen LogP contribution in [0.1, 0.15) is 6.92 Å². The normalized spacial score (nSPS) is 20.0. The zero-order valence-corrected chi connectivity index (χ0v) is 12.9. The molecule has 2 aliphatic rings. The second-order valence-corrected chi connectivity index (χ2v) is 6.24. The molecular formula is C13H18N2O6S. The summed E-state index contributed by atoms with van der Waals surface area (Å²) < 4.78 is 37.2. The van der Waals surface area contributed by atoms with Crippen LogP contribution in [0.2, 0.25) is 0 Å². The van der Waals surface area contributed by atoms with E-state index in [1.807, 2.05) is 0 Å². The standard InChI is InChI=1S/C7H7NO4S.C6H11NO2/c8-13(9,10)6-3-1-2-5-7(6)12-4-11-5;1-5(8)6-4-7-2-3-9-6/h1-3H,4H2,(H2,8,9,10);6-7H,2-4H2,1H3. The summed E-state index contributed by atoms with van der Waals surface area (Å²) in [4.78, 5) is 10.6. The van der Waals surface area contributed by atoms with Crippen LogP contribution in [-0.2, 0) is 19.6 Å². The van der Waals surface area contributed by atoms with Gasteiger partial charge in [-0.1, -0.05) is 6.07 Å². The number of nitrogens with one attached hydrogen (secondary N) is 1. The van der Waals surface area contributed by atoms with E-state index in [9.17, 15) is 13.2 Å². The summed E-state index contributed by atoms with van der Waals surface area (Å²) in [5.41, 5.74) is 0. The van der Waals surface area contributed by atoms with E-state index < -0.39 is 10.0 Å². The molecule has 2 heterocycles. The summed E-state index contributed by atoms with van der Waals surface area (Å²) in [7, 11) is -3.73. The number of ether oxygens (including phenoxy) is 3. The van der Waals surface area contributed by atoms with E-state index in [4.69, 9.17) is 19.3 Å². The van der Waals surface area contributed by atoms with Crippen molar-refractivity contribution in [3.63, 3.8) is 0 Å². The lowest BCUT2D eigenvalue weighted by molar-refractivity contribution is -0.129. The molecule has 0 radical (unpaired) electrons. The van der Waals surface area contributed by atoms with Gasteiger partial charge in [-0.05, 0) is 19.1 Å². The van der Waals surface area contributed by atoms with Crippen molar-refractivity contribution < 1.29 is 27.4 Å². The molecular weight excluding hydrogens is 312 g/mol. The van der Waals surface area contributed by atoms with E-state index >= 15 is 0 Å². The number of rotatable bonds is 2. The van der Waals surface area contributed by atoms with Gasteiger partial charge in [0, 0.05) is 13.1 Å². The lowest BCUT2D eigenvalue weighted by Crippen LogP contribution is -2.42. The van der Waals surface area contributed by atoms with E-state index in [0.29, 0.717) is 18.9 Å². The van der Waals surface area contributed by atoms with Gasteiger partial charge in [-0.25, -0.2) is 13.6 Å². The van der Waals surface area contributed by atoms with Crippen LogP contribution in [-0.4, -0.2) is 46.8 Å². The number of para-hydroxylation sites is 1. The quantitative estimate of drug-likeness (QED) is 0.759. The van der Waals surface area contributed by atoms with E-state index in [2.05, 4.69) is 5.32 Å². The number of fused-ring (bicyclic) bond motifs is 1. The van der Waals surface area contributed by atoms with Crippen LogP contribution >= 0.6 is 0 Å². The molecule has 122 valence electrons. The Kier molecular flexibility index (Phi) is 5.35. The molecule has 0 bridgehead atoms. The fourth-order valence-corrected chi connectivity index (χ4v) is 2.64. The monoisotopic (exact) mass is 330 g/mol. The predicted octanol–water partition coefficient (Wildman–Crippen LogP) is -0.373. The molecule has 1 aromatic rings. The van der Waals surface area contributed by atoms with Crippen molar-refractivity contribution in [2.24, 2.45) is 5.14 Å². The molecule has 1 saturated heterocycles. The number of nitrogens with two attached hydrogens (primary N) is 1. The average molecular weight is 330 g/mol. The Bertz CT molecular complexity index is 640. The zero-order valence-electron chi connectivity index (χ0n) is 12.1. The Morgan fingerprint density at radius 2 is 2.14 bits per heavy atom. The Labute approximate surface area is 128 Å². The summed E-state index contributed by atoms with van der Waals surface area (Å²) in [6.45, 7) is 3.78. The van der Waals surface area contributed by atoms with Crippen molar-refractivity contribution in [3.05, 3.63) is 18.2 Å². The first-order valence-corrected chi connectivity index (χ1v) is 8.18. The van der Waals surface area contributed by atoms with Crippen molar-refractivity contribution in [2.75, 3.05) is 26.5 Å². The number of ketones is 1. The van der Waals surface area contributed by atoms with Crippen molar-refractivity contribution in [1.82, 2.24) is 5.32 Å². The van der Waals surface area contributed by atoms with Gasteiger partial charge in [-0.2, -0.15) is 0 Å². The van der Waals surface area contributed by atoms with Crippen molar-refractivity contribution in [1.29, 1.82) is 0 Å². The van der Waals surface area contributed by atoms with Gasteiger partial charge in [0.05, 0.1) is 6.61 Å². The maximum Gasteiger partial charge on any atom is 0.241 e. The molecule has 1 atom stereocenters. The summed E-state index contributed by atoms with van der Waals surface area (Å²) >= 11 is 0. The molecule has 0 saturated carbocycles. The number of Topliss-reactive ketones (excluding diaryl/α,β-unsaturated/α-hetero) is 1. The van der Waals surface area contributed by atoms with Gasteiger partial charge in [-0.3, -0.25) is 4.79 Å². The van der Waals surface area contributed by atoms with Crippen LogP contribution in [0.5, 0.6) is 11.5 Å². The maximum absolute atomic E-state index is 11.0. The van der Waals surface area contributed by atoms with Crippen LogP contribution in [0.4, 0.5) is 0 Å². The predicted molar refractivity (Wildman–Crippen MR) is 77.2 cm³/mol. The molecule has 3 N–H and O–H groups in total. The Morgan fingerprint density at radius 1 is 1.36 bits per heavy atom. The van der Waals surface area contributed by atoms with Gasteiger partial charge < -0.3 is 19.5 Å². The molecule has 0 aromatic heterocycles. The van der Waals surface area contributed by atoms with Crippen molar-refractivity contribution in [3.8, 4) is 11.5 Å². The number of morpholine rings is 1. The highest BCUT2D eigenvalue weighted by molar-refractivity contribution is 7.89. The molecule has 22 heavy (non-hydrogen) atoms. The summed E-state index contributed by atoms with van der Waals surface area (Å²) in [6, 6.07) is 4.55. The van der Waals surface area contributed by atoms with Crippen LogP contribution in [0.15, 0.2) is 23.1 Å². The number of sulfonamides is 1. The zero-order chi connectivity index (χ0) is 16.2. The average Bonchev–Trinajstić information content (AvgIpc) is 2.96. The topological polar surface area (TPSA) is 117 Å². The minimum Gasteiger partial charge on any atom is -0.454 e. The van der Waals surface area contributed by atoms with Gasteiger partial charge in [0.25, 0.3) is 0 Å². The summed E-state index contributed by atoms with van der Waals surface area (Å²) in [6.07, 6.45) is -0.196. The van der Waals surface area contributed by atoms with Gasteiger partial charge >= 0.3 is 0 Å². The number of carbonyl (C=O) groups is 1. The fourth-order valence-electron chi connectivity index (χ4n) is 1.95. The molecule has 0 aliphatic carbocycles. The van der Waals surface area contributed by atoms with E-state index in [1.165, 1.54) is 6.07 Å². The first-order chi connectivity index (χ1) is 10.4. The smallest absolute Gasteiger partial charge is 0.241 e. The van der Waals surface area contributed by atoms with Crippen molar-refractivity contribution >= 4 is 15.8 Å². The fraction of sp³-hybridized carbons (Fsp3) is 0.462. The minimum atomic E-state index is -3.73. The first kappa shape index (κ1) is 16.7. The van der Waals surface area contributed by atoms with Crippen LogP contribution in [0.25, 0.3) is 0 Å². The van der Waals surface area contributed by atoms with Crippen LogP contribution < -0.4 is 19.9 Å². The van der Waals surface area contributed by atoms with Gasteiger partial charge in [-0.15, -0.1) is 0 Å². The first-order valence-electron chi connectivity index (χ1n) is 6.64. The molecule has 1 aromatic carbocycles. The largest absolute Gasteiger partial charge is 0.454 e. The number of hydrogen-bond donors (Lipinski definition) is 2. The molecule has 0 amide bonds. The number of primary sulfonamides is 1.